The summed E-state index contributed by atoms with van der Waals surface area (Å²) < 4.78 is 0. The Morgan fingerprint density at radius 2 is 1.75 bits per heavy atom. The molecule has 32 heavy (non-hydrogen) atoms. The van der Waals surface area contributed by atoms with E-state index in [9.17, 15) is 4.79 Å². The molecule has 170 valence electrons. The second-order valence-corrected chi connectivity index (χ2v) is 8.51. The molecule has 0 amide bonds. The molecule has 0 heterocycles. The zero-order valence-electron chi connectivity index (χ0n) is 20.6. The van der Waals surface area contributed by atoms with E-state index in [4.69, 9.17) is 0 Å². The van der Waals surface area contributed by atoms with Gasteiger partial charge in [-0.15, -0.1) is 0 Å². The van der Waals surface area contributed by atoms with Crippen LogP contribution in [0, 0.1) is 6.92 Å². The molecule has 4 rings (SSSR count). The first kappa shape index (κ1) is 24.2. The summed E-state index contributed by atoms with van der Waals surface area (Å²) in [5.74, 6) is 0.302. The quantitative estimate of drug-likeness (QED) is 0.435. The number of carbonyl (C=O) groups is 1. The molecule has 0 N–H and O–H groups in total. The molecule has 0 saturated heterocycles. The fraction of sp³-hybridized carbons (Fsp3) is 0.433. The Morgan fingerprint density at radius 3 is 2.44 bits per heavy atom. The van der Waals surface area contributed by atoms with Crippen molar-refractivity contribution in [2.75, 3.05) is 19.6 Å². The largest absolute Gasteiger partial charge is 0.304 e. The SMILES string of the molecule is CC.CCN(CC)CCCc1ccc2c(c1-c1cc(C3=CCC=C3)ccc1C)CCC2=O. The fourth-order valence-electron chi connectivity index (χ4n) is 4.91. The molecule has 0 saturated carbocycles. The summed E-state index contributed by atoms with van der Waals surface area (Å²) in [7, 11) is 0. The van der Waals surface area contributed by atoms with Crippen LogP contribution in [0.1, 0.15) is 79.6 Å². The van der Waals surface area contributed by atoms with E-state index in [2.05, 4.69) is 74.2 Å². The molecule has 2 heteroatoms. The molecule has 0 aromatic heterocycles. The number of rotatable bonds is 8. The Labute approximate surface area is 195 Å². The van der Waals surface area contributed by atoms with Gasteiger partial charge >= 0.3 is 0 Å². The number of hydrogen-bond acceptors (Lipinski definition) is 2. The Morgan fingerprint density at radius 1 is 0.969 bits per heavy atom. The van der Waals surface area contributed by atoms with Crippen molar-refractivity contribution in [3.8, 4) is 11.1 Å². The van der Waals surface area contributed by atoms with E-state index in [0.29, 0.717) is 12.2 Å². The lowest BCUT2D eigenvalue weighted by Gasteiger charge is -2.20. The first-order chi connectivity index (χ1) is 15.6. The van der Waals surface area contributed by atoms with Crippen LogP contribution in [-0.4, -0.2) is 30.3 Å². The maximum Gasteiger partial charge on any atom is 0.163 e. The van der Waals surface area contributed by atoms with E-state index in [-0.39, 0.29) is 0 Å². The molecular formula is C30H39NO. The number of ketones is 1. The number of benzene rings is 2. The topological polar surface area (TPSA) is 20.3 Å². The van der Waals surface area contributed by atoms with Crippen LogP contribution in [0.5, 0.6) is 0 Å². The van der Waals surface area contributed by atoms with Gasteiger partial charge in [0, 0.05) is 12.0 Å². The minimum absolute atomic E-state index is 0.302. The fourth-order valence-corrected chi connectivity index (χ4v) is 4.91. The van der Waals surface area contributed by atoms with Crippen molar-refractivity contribution in [2.24, 2.45) is 0 Å². The predicted octanol–water partition coefficient (Wildman–Crippen LogP) is 7.43. The van der Waals surface area contributed by atoms with Crippen molar-refractivity contribution in [3.05, 3.63) is 76.4 Å². The van der Waals surface area contributed by atoms with Gasteiger partial charge < -0.3 is 4.90 Å². The van der Waals surface area contributed by atoms with E-state index in [1.165, 1.54) is 39.0 Å². The summed E-state index contributed by atoms with van der Waals surface area (Å²) in [6, 6.07) is 11.1. The van der Waals surface area contributed by atoms with Crippen LogP contribution < -0.4 is 0 Å². The van der Waals surface area contributed by atoms with Gasteiger partial charge in [-0.3, -0.25) is 4.79 Å². The highest BCUT2D eigenvalue weighted by Crippen LogP contribution is 2.39. The summed E-state index contributed by atoms with van der Waals surface area (Å²) in [5, 5.41) is 0. The van der Waals surface area contributed by atoms with Gasteiger partial charge in [0.15, 0.2) is 5.78 Å². The third kappa shape index (κ3) is 5.13. The summed E-state index contributed by atoms with van der Waals surface area (Å²) in [4.78, 5) is 15.0. The Bertz CT molecular complexity index is 1010. The number of aryl methyl sites for hydroxylation is 2. The molecule has 0 fully saturated rings. The molecule has 2 aromatic rings. The van der Waals surface area contributed by atoms with Crippen LogP contribution in [0.4, 0.5) is 0 Å². The van der Waals surface area contributed by atoms with Gasteiger partial charge in [-0.05, 0) is 97.3 Å². The number of carbonyl (C=O) groups excluding carboxylic acids is 1. The Kier molecular flexibility index (Phi) is 8.64. The first-order valence-electron chi connectivity index (χ1n) is 12.5. The van der Waals surface area contributed by atoms with Gasteiger partial charge in [-0.2, -0.15) is 0 Å². The predicted molar refractivity (Wildman–Crippen MR) is 138 cm³/mol. The van der Waals surface area contributed by atoms with Gasteiger partial charge in [-0.25, -0.2) is 0 Å². The maximum absolute atomic E-state index is 12.5. The van der Waals surface area contributed by atoms with Crippen LogP contribution in [0.3, 0.4) is 0 Å². The Hall–Kier alpha value is -2.45. The standard InChI is InChI=1S/C28H33NO.C2H6/c1-4-29(5-2)18-8-11-22-14-15-24-25(16-17-27(24)30)28(22)26-19-23(13-12-20(26)3)21-9-6-7-10-21;1-2/h6,9-10,12-15,19H,4-5,7-8,11,16-18H2,1-3H3;1-2H3. The lowest BCUT2D eigenvalue weighted by Crippen LogP contribution is -2.24. The molecule has 0 atom stereocenters. The van der Waals surface area contributed by atoms with Gasteiger partial charge in [0.2, 0.25) is 0 Å². The zero-order chi connectivity index (χ0) is 23.1. The molecule has 0 unspecified atom stereocenters. The zero-order valence-corrected chi connectivity index (χ0v) is 20.6. The number of fused-ring (bicyclic) bond motifs is 1. The number of Topliss-reactive ketones (excluding diaryl/α,β-unsaturated/α-hetero) is 1. The molecule has 2 aliphatic carbocycles. The maximum atomic E-state index is 12.5. The Balaban J connectivity index is 0.00000141. The molecule has 0 spiro atoms. The minimum Gasteiger partial charge on any atom is -0.304 e. The van der Waals surface area contributed by atoms with E-state index < -0.39 is 0 Å². The normalized spacial score (nSPS) is 14.4. The molecule has 0 bridgehead atoms. The summed E-state index contributed by atoms with van der Waals surface area (Å²) in [6.45, 7) is 14.0. The average Bonchev–Trinajstić information content (AvgIpc) is 3.49. The highest BCUT2D eigenvalue weighted by Gasteiger charge is 2.25. The third-order valence-electron chi connectivity index (χ3n) is 6.73. The van der Waals surface area contributed by atoms with Crippen molar-refractivity contribution in [2.45, 2.75) is 66.7 Å². The average molecular weight is 430 g/mol. The van der Waals surface area contributed by atoms with Crippen molar-refractivity contribution in [1.29, 1.82) is 0 Å². The van der Waals surface area contributed by atoms with Crippen LogP contribution in [0.15, 0.2) is 48.6 Å². The molecular weight excluding hydrogens is 390 g/mol. The lowest BCUT2D eigenvalue weighted by molar-refractivity contribution is 0.0994. The molecule has 0 radical (unpaired) electrons. The summed E-state index contributed by atoms with van der Waals surface area (Å²) in [5.41, 5.74) is 10.1. The first-order valence-corrected chi connectivity index (χ1v) is 12.5. The third-order valence-corrected chi connectivity index (χ3v) is 6.73. The van der Waals surface area contributed by atoms with Crippen molar-refractivity contribution in [3.63, 3.8) is 0 Å². The van der Waals surface area contributed by atoms with Crippen molar-refractivity contribution < 1.29 is 4.79 Å². The second-order valence-electron chi connectivity index (χ2n) is 8.51. The highest BCUT2D eigenvalue weighted by molar-refractivity contribution is 6.03. The van der Waals surface area contributed by atoms with Crippen LogP contribution in [0.2, 0.25) is 0 Å². The number of hydrogen-bond donors (Lipinski definition) is 0. The molecule has 0 aliphatic heterocycles. The van der Waals surface area contributed by atoms with E-state index in [1.807, 2.05) is 13.8 Å². The number of nitrogens with zero attached hydrogens (tertiary/aromatic N) is 1. The van der Waals surface area contributed by atoms with Crippen LogP contribution >= 0.6 is 0 Å². The molecule has 2 nitrogen and oxygen atoms in total. The monoisotopic (exact) mass is 429 g/mol. The minimum atomic E-state index is 0.302. The van der Waals surface area contributed by atoms with Crippen molar-refractivity contribution >= 4 is 11.4 Å². The lowest BCUT2D eigenvalue weighted by atomic mass is 9.86. The van der Waals surface area contributed by atoms with Gasteiger partial charge in [0.05, 0.1) is 0 Å². The summed E-state index contributed by atoms with van der Waals surface area (Å²) in [6.07, 6.45) is 11.5. The molecule has 2 aromatic carbocycles. The van der Waals surface area contributed by atoms with E-state index >= 15 is 0 Å². The van der Waals surface area contributed by atoms with E-state index in [1.54, 1.807) is 0 Å². The van der Waals surface area contributed by atoms with Gasteiger partial charge in [0.25, 0.3) is 0 Å². The van der Waals surface area contributed by atoms with Crippen LogP contribution in [0.25, 0.3) is 16.7 Å². The smallest absolute Gasteiger partial charge is 0.163 e. The van der Waals surface area contributed by atoms with E-state index in [0.717, 1.165) is 50.9 Å². The summed E-state index contributed by atoms with van der Waals surface area (Å²) >= 11 is 0. The second kappa shape index (κ2) is 11.4. The van der Waals surface area contributed by atoms with Gasteiger partial charge in [-0.1, -0.05) is 70.2 Å². The van der Waals surface area contributed by atoms with Gasteiger partial charge in [0.1, 0.15) is 0 Å². The molecule has 2 aliphatic rings. The van der Waals surface area contributed by atoms with Crippen molar-refractivity contribution in [1.82, 2.24) is 4.90 Å². The highest BCUT2D eigenvalue weighted by atomic mass is 16.1. The van der Waals surface area contributed by atoms with Crippen LogP contribution in [-0.2, 0) is 12.8 Å². The number of allylic oxidation sites excluding steroid dienone is 4.